The summed E-state index contributed by atoms with van der Waals surface area (Å²) in [4.78, 5) is 62.3. The van der Waals surface area contributed by atoms with Crippen molar-refractivity contribution in [3.8, 4) is 11.5 Å². The van der Waals surface area contributed by atoms with E-state index < -0.39 is 23.8 Å². The fourth-order valence-electron chi connectivity index (χ4n) is 6.80. The van der Waals surface area contributed by atoms with Crippen molar-refractivity contribution in [3.63, 3.8) is 0 Å². The maximum atomic E-state index is 13.8. The predicted octanol–water partition coefficient (Wildman–Crippen LogP) is 4.77. The summed E-state index contributed by atoms with van der Waals surface area (Å²) in [5.74, 6) is -0.906. The first-order valence-electron chi connectivity index (χ1n) is 19.4. The quantitative estimate of drug-likeness (QED) is 0.0607. The summed E-state index contributed by atoms with van der Waals surface area (Å²) in [7, 11) is 5.90. The first kappa shape index (κ1) is 42.6. The monoisotopic (exact) mass is 823 g/mol. The Morgan fingerprint density at radius 2 is 1.15 bits per heavy atom. The first-order chi connectivity index (χ1) is 28.9. The molecule has 0 aliphatic heterocycles. The van der Waals surface area contributed by atoms with E-state index in [4.69, 9.17) is 28.9 Å². The zero-order chi connectivity index (χ0) is 43.1. The minimum absolute atomic E-state index is 0.176. The predicted molar refractivity (Wildman–Crippen MR) is 223 cm³/mol. The molecular weight excluding hydrogens is 775 g/mol. The smallest absolute Gasteiger partial charge is 0.338 e. The molecule has 0 atom stereocenters. The number of aromatic nitrogens is 8. The third-order valence-corrected chi connectivity index (χ3v) is 9.57. The lowest BCUT2D eigenvalue weighted by atomic mass is 10.2. The van der Waals surface area contributed by atoms with E-state index in [9.17, 15) is 19.2 Å². The zero-order valence-corrected chi connectivity index (χ0v) is 34.9. The molecular formula is C41H49N11O8. The van der Waals surface area contributed by atoms with Gasteiger partial charge in [-0.25, -0.2) is 19.6 Å². The van der Waals surface area contributed by atoms with Crippen LogP contribution in [0.25, 0.3) is 22.1 Å². The molecule has 19 heteroatoms. The molecule has 2 amide bonds. The molecule has 0 spiro atoms. The van der Waals surface area contributed by atoms with Crippen LogP contribution in [0, 0.1) is 13.8 Å². The van der Waals surface area contributed by atoms with Crippen LogP contribution in [0.1, 0.15) is 73.3 Å². The molecule has 4 aromatic heterocycles. The van der Waals surface area contributed by atoms with Crippen LogP contribution < -0.4 is 25.4 Å². The van der Waals surface area contributed by atoms with E-state index in [1.54, 1.807) is 61.8 Å². The fourth-order valence-corrected chi connectivity index (χ4v) is 6.80. The third kappa shape index (κ3) is 8.85. The largest absolute Gasteiger partial charge is 0.494 e. The van der Waals surface area contributed by atoms with Gasteiger partial charge >= 0.3 is 11.9 Å². The molecule has 0 fully saturated rings. The highest BCUT2D eigenvalue weighted by molar-refractivity contribution is 6.05. The summed E-state index contributed by atoms with van der Waals surface area (Å²) < 4.78 is 28.7. The standard InChI is InChI=1S/C41H49N11O8/c1-9-51-30(18-24(3)47-51)36(53)45-40-43-28-20-26(38(55)58-7)22-32(57-6)34(28)49(40)15-11-12-16-50-35-29(21-27(39(56)59-8)23-33(35)60-17-13-14-42-5)44-41(50)46-37(54)31-19-25(4)48-52(31)10-2/h11-12,18-23,42H,9-10,13-17H2,1-8H3,(H,43,45,53)(H,44,46,54)/b12-11+. The van der Waals surface area contributed by atoms with Gasteiger partial charge < -0.3 is 33.4 Å². The second-order valence-corrected chi connectivity index (χ2v) is 13.6. The average Bonchev–Trinajstić information content (AvgIpc) is 4.01. The van der Waals surface area contributed by atoms with Crippen LogP contribution in [0.3, 0.4) is 0 Å². The van der Waals surface area contributed by atoms with Crippen molar-refractivity contribution in [2.45, 2.75) is 60.3 Å². The number of anilines is 2. The Labute approximate surface area is 345 Å². The lowest BCUT2D eigenvalue weighted by Crippen LogP contribution is -2.20. The summed E-state index contributed by atoms with van der Waals surface area (Å²) in [6.45, 7) is 9.74. The van der Waals surface area contributed by atoms with E-state index in [0.717, 1.165) is 0 Å². The van der Waals surface area contributed by atoms with Gasteiger partial charge in [0.2, 0.25) is 11.9 Å². The summed E-state index contributed by atoms with van der Waals surface area (Å²) in [6.07, 6.45) is 4.40. The third-order valence-electron chi connectivity index (χ3n) is 9.57. The Morgan fingerprint density at radius 3 is 1.58 bits per heavy atom. The number of esters is 2. The molecule has 0 unspecified atom stereocenters. The average molecular weight is 824 g/mol. The number of nitrogens with one attached hydrogen (secondary N) is 3. The number of allylic oxidation sites excluding steroid dienone is 2. The number of ether oxygens (including phenoxy) is 4. The van der Waals surface area contributed by atoms with Crippen molar-refractivity contribution in [2.24, 2.45) is 0 Å². The van der Waals surface area contributed by atoms with E-state index in [1.807, 2.05) is 40.0 Å². The molecule has 0 saturated carbocycles. The van der Waals surface area contributed by atoms with Gasteiger partial charge in [-0.05, 0) is 84.1 Å². The molecule has 4 heterocycles. The number of amides is 2. The highest BCUT2D eigenvalue weighted by Crippen LogP contribution is 2.33. The van der Waals surface area contributed by atoms with Gasteiger partial charge in [0.15, 0.2) is 0 Å². The number of benzene rings is 2. The van der Waals surface area contributed by atoms with Crippen molar-refractivity contribution < 1.29 is 38.1 Å². The van der Waals surface area contributed by atoms with Gasteiger partial charge in [0.25, 0.3) is 11.8 Å². The van der Waals surface area contributed by atoms with Gasteiger partial charge in [0.05, 0.1) is 61.5 Å². The second-order valence-electron chi connectivity index (χ2n) is 13.6. The molecule has 316 valence electrons. The number of nitrogens with zero attached hydrogens (tertiary/aromatic N) is 8. The number of fused-ring (bicyclic) bond motifs is 2. The highest BCUT2D eigenvalue weighted by Gasteiger charge is 2.24. The number of hydrogen-bond donors (Lipinski definition) is 3. The minimum atomic E-state index is -0.577. The lowest BCUT2D eigenvalue weighted by Gasteiger charge is -2.13. The van der Waals surface area contributed by atoms with Crippen LogP contribution in [-0.2, 0) is 35.7 Å². The number of hydrogen-bond acceptors (Lipinski definition) is 13. The Kier molecular flexibility index (Phi) is 13.3. The van der Waals surface area contributed by atoms with Gasteiger partial charge in [-0.15, -0.1) is 0 Å². The van der Waals surface area contributed by atoms with E-state index in [2.05, 4.69) is 26.1 Å². The summed E-state index contributed by atoms with van der Waals surface area (Å²) in [5.41, 5.74) is 4.35. The topological polar surface area (TPSA) is 213 Å². The number of methoxy groups -OCH3 is 3. The summed E-state index contributed by atoms with van der Waals surface area (Å²) in [5, 5.41) is 17.8. The maximum absolute atomic E-state index is 13.8. The van der Waals surface area contributed by atoms with Crippen molar-refractivity contribution in [3.05, 3.63) is 82.5 Å². The van der Waals surface area contributed by atoms with Gasteiger partial charge in [-0.1, -0.05) is 12.2 Å². The van der Waals surface area contributed by atoms with Crippen LogP contribution in [-0.4, -0.2) is 104 Å². The number of carbonyl (C=O) groups is 4. The molecule has 0 aliphatic carbocycles. The first-order valence-corrected chi connectivity index (χ1v) is 19.4. The lowest BCUT2D eigenvalue weighted by molar-refractivity contribution is 0.0591. The van der Waals surface area contributed by atoms with Gasteiger partial charge in [-0.3, -0.25) is 29.6 Å². The SMILES string of the molecule is CCn1nc(C)cc1C(=O)Nc1nc2cc(C(=O)OC)cc(OC)c2n1C/C=C/Cn1c(NC(=O)c2cc(C)nn2CC)nc2cc(C(=O)OC)cc(OCCCNC)c21. The Bertz CT molecular complexity index is 2600. The minimum Gasteiger partial charge on any atom is -0.494 e. The molecule has 2 aromatic carbocycles. The Balaban J connectivity index is 1.42. The molecule has 60 heavy (non-hydrogen) atoms. The van der Waals surface area contributed by atoms with Crippen LogP contribution in [0.5, 0.6) is 11.5 Å². The van der Waals surface area contributed by atoms with E-state index in [0.29, 0.717) is 89.0 Å². The molecule has 19 nitrogen and oxygen atoms in total. The van der Waals surface area contributed by atoms with E-state index in [1.165, 1.54) is 21.3 Å². The van der Waals surface area contributed by atoms with Crippen LogP contribution in [0.15, 0.2) is 48.6 Å². The maximum Gasteiger partial charge on any atom is 0.338 e. The van der Waals surface area contributed by atoms with E-state index >= 15 is 0 Å². The number of imidazole rings is 2. The summed E-state index contributed by atoms with van der Waals surface area (Å²) >= 11 is 0. The van der Waals surface area contributed by atoms with Crippen molar-refractivity contribution >= 4 is 57.7 Å². The normalized spacial score (nSPS) is 11.4. The molecule has 6 rings (SSSR count). The van der Waals surface area contributed by atoms with Crippen LogP contribution in [0.2, 0.25) is 0 Å². The number of carbonyl (C=O) groups excluding carboxylic acids is 4. The highest BCUT2D eigenvalue weighted by atomic mass is 16.5. The van der Waals surface area contributed by atoms with Gasteiger partial charge in [0, 0.05) is 26.2 Å². The number of aryl methyl sites for hydroxylation is 4. The summed E-state index contributed by atoms with van der Waals surface area (Å²) in [6, 6.07) is 9.70. The van der Waals surface area contributed by atoms with Crippen molar-refractivity contribution in [1.29, 1.82) is 0 Å². The van der Waals surface area contributed by atoms with Crippen molar-refractivity contribution in [1.82, 2.24) is 44.0 Å². The van der Waals surface area contributed by atoms with Crippen molar-refractivity contribution in [2.75, 3.05) is 52.2 Å². The van der Waals surface area contributed by atoms with Gasteiger partial charge in [0.1, 0.15) is 33.9 Å². The molecule has 0 bridgehead atoms. The Morgan fingerprint density at radius 1 is 0.683 bits per heavy atom. The number of rotatable bonds is 18. The van der Waals surface area contributed by atoms with E-state index in [-0.39, 0.29) is 36.1 Å². The molecule has 0 aliphatic rings. The molecule has 0 radical (unpaired) electrons. The second kappa shape index (κ2) is 18.7. The molecule has 3 N–H and O–H groups in total. The van der Waals surface area contributed by atoms with Crippen LogP contribution in [0.4, 0.5) is 11.9 Å². The Hall–Kier alpha value is -7.02. The zero-order valence-electron chi connectivity index (χ0n) is 34.9. The van der Waals surface area contributed by atoms with Crippen LogP contribution >= 0.6 is 0 Å². The van der Waals surface area contributed by atoms with Gasteiger partial charge in [-0.2, -0.15) is 10.2 Å². The fraction of sp³-hybridized carbons (Fsp3) is 0.366. The molecule has 0 saturated heterocycles. The molecule has 6 aromatic rings.